The van der Waals surface area contributed by atoms with Gasteiger partial charge in [-0.2, -0.15) is 0 Å². The third-order valence-electron chi connectivity index (χ3n) is 2.99. The molecule has 96 valence electrons. The van der Waals surface area contributed by atoms with Crippen LogP contribution in [0, 0.1) is 10.1 Å². The summed E-state index contributed by atoms with van der Waals surface area (Å²) in [6.07, 6.45) is 0.824. The van der Waals surface area contributed by atoms with E-state index >= 15 is 0 Å². The zero-order valence-electron chi connectivity index (χ0n) is 9.82. The van der Waals surface area contributed by atoms with Gasteiger partial charge in [0.1, 0.15) is 6.29 Å². The molecule has 0 aromatic heterocycles. The summed E-state index contributed by atoms with van der Waals surface area (Å²) in [6, 6.07) is 5.78. The molecule has 1 aliphatic heterocycles. The maximum absolute atomic E-state index is 11.2. The number of nitro benzene ring substituents is 1. The Morgan fingerprint density at radius 2 is 2.11 bits per heavy atom. The number of hydrogen-bond donors (Lipinski definition) is 0. The van der Waals surface area contributed by atoms with Gasteiger partial charge in [0.15, 0.2) is 0 Å². The summed E-state index contributed by atoms with van der Waals surface area (Å²) >= 11 is 0. The highest BCUT2D eigenvalue weighted by Gasteiger charge is 2.23. The Hall–Kier alpha value is -1.79. The number of carbonyl (C=O) groups is 1. The van der Waals surface area contributed by atoms with Gasteiger partial charge in [-0.25, -0.2) is 0 Å². The van der Waals surface area contributed by atoms with E-state index in [4.69, 9.17) is 4.74 Å². The number of aldehydes is 1. The van der Waals surface area contributed by atoms with Crippen molar-refractivity contribution >= 4 is 12.0 Å². The van der Waals surface area contributed by atoms with Crippen molar-refractivity contribution in [3.63, 3.8) is 0 Å². The summed E-state index contributed by atoms with van der Waals surface area (Å²) in [7, 11) is 0. The van der Waals surface area contributed by atoms with Gasteiger partial charge in [-0.3, -0.25) is 15.0 Å². The van der Waals surface area contributed by atoms with E-state index in [9.17, 15) is 14.9 Å². The van der Waals surface area contributed by atoms with E-state index in [1.54, 1.807) is 12.1 Å². The summed E-state index contributed by atoms with van der Waals surface area (Å²) in [5, 5.41) is 10.7. The van der Waals surface area contributed by atoms with Crippen molar-refractivity contribution in [1.82, 2.24) is 4.90 Å². The van der Waals surface area contributed by atoms with Crippen LogP contribution in [0.15, 0.2) is 24.3 Å². The molecule has 1 aliphatic rings. The van der Waals surface area contributed by atoms with E-state index < -0.39 is 11.0 Å². The largest absolute Gasteiger partial charge is 0.379 e. The van der Waals surface area contributed by atoms with E-state index in [2.05, 4.69) is 0 Å². The van der Waals surface area contributed by atoms with E-state index in [1.807, 2.05) is 4.90 Å². The molecule has 1 saturated heterocycles. The molecule has 1 fully saturated rings. The van der Waals surface area contributed by atoms with Crippen LogP contribution in [0.3, 0.4) is 0 Å². The average Bonchev–Trinajstić information content (AvgIpc) is 2.41. The fourth-order valence-electron chi connectivity index (χ4n) is 2.05. The lowest BCUT2D eigenvalue weighted by Gasteiger charge is -2.31. The molecule has 1 heterocycles. The second-order valence-corrected chi connectivity index (χ2v) is 4.08. The van der Waals surface area contributed by atoms with Gasteiger partial charge in [-0.15, -0.1) is 0 Å². The number of ether oxygens (including phenoxy) is 1. The summed E-state index contributed by atoms with van der Waals surface area (Å²) in [5.41, 5.74) is 0.661. The van der Waals surface area contributed by atoms with Crippen LogP contribution in [0.1, 0.15) is 11.6 Å². The molecule has 0 saturated carbocycles. The zero-order chi connectivity index (χ0) is 13.0. The minimum Gasteiger partial charge on any atom is -0.379 e. The molecule has 6 heteroatoms. The topological polar surface area (TPSA) is 72.7 Å². The number of morpholine rings is 1. The van der Waals surface area contributed by atoms with Gasteiger partial charge < -0.3 is 9.53 Å². The maximum atomic E-state index is 11.2. The van der Waals surface area contributed by atoms with E-state index in [0.29, 0.717) is 31.9 Å². The Bertz CT molecular complexity index is 443. The van der Waals surface area contributed by atoms with Gasteiger partial charge in [0.2, 0.25) is 0 Å². The van der Waals surface area contributed by atoms with Crippen molar-refractivity contribution in [2.75, 3.05) is 26.3 Å². The Balaban J connectivity index is 2.23. The fourth-order valence-corrected chi connectivity index (χ4v) is 2.05. The van der Waals surface area contributed by atoms with Crippen LogP contribution in [0.25, 0.3) is 0 Å². The first-order chi connectivity index (χ1) is 8.72. The highest BCUT2D eigenvalue weighted by molar-refractivity contribution is 5.62. The van der Waals surface area contributed by atoms with E-state index in [0.717, 1.165) is 6.29 Å². The number of rotatable bonds is 4. The molecular formula is C12H14N2O4. The molecule has 1 unspecified atom stereocenters. The molecule has 0 N–H and O–H groups in total. The third kappa shape index (κ3) is 2.72. The molecule has 0 aliphatic carbocycles. The van der Waals surface area contributed by atoms with Crippen LogP contribution in [0.5, 0.6) is 0 Å². The Labute approximate surface area is 104 Å². The van der Waals surface area contributed by atoms with Crippen LogP contribution in [0.4, 0.5) is 5.69 Å². The molecule has 2 rings (SSSR count). The number of hydrogen-bond acceptors (Lipinski definition) is 5. The molecule has 6 nitrogen and oxygen atoms in total. The lowest BCUT2D eigenvalue weighted by Crippen LogP contribution is -2.39. The lowest BCUT2D eigenvalue weighted by molar-refractivity contribution is -0.384. The van der Waals surface area contributed by atoms with Gasteiger partial charge in [-0.05, 0) is 5.56 Å². The summed E-state index contributed by atoms with van der Waals surface area (Å²) in [4.78, 5) is 23.5. The molecule has 0 radical (unpaired) electrons. The first-order valence-corrected chi connectivity index (χ1v) is 5.74. The minimum absolute atomic E-state index is 0.00705. The van der Waals surface area contributed by atoms with Crippen molar-refractivity contribution in [2.45, 2.75) is 6.04 Å². The molecular weight excluding hydrogens is 236 g/mol. The molecule has 1 aromatic carbocycles. The minimum atomic E-state index is -0.454. The van der Waals surface area contributed by atoms with Crippen LogP contribution in [-0.2, 0) is 9.53 Å². The van der Waals surface area contributed by atoms with E-state index in [1.165, 1.54) is 12.1 Å². The summed E-state index contributed by atoms with van der Waals surface area (Å²) in [6.45, 7) is 2.48. The predicted octanol–water partition coefficient (Wildman–Crippen LogP) is 1.17. The molecule has 18 heavy (non-hydrogen) atoms. The quantitative estimate of drug-likeness (QED) is 0.455. The number of benzene rings is 1. The first-order valence-electron chi connectivity index (χ1n) is 5.74. The normalized spacial score (nSPS) is 18.2. The first kappa shape index (κ1) is 12.7. The van der Waals surface area contributed by atoms with Crippen LogP contribution in [0.2, 0.25) is 0 Å². The molecule has 1 atom stereocenters. The molecule has 1 aromatic rings. The summed E-state index contributed by atoms with van der Waals surface area (Å²) in [5.74, 6) is 0. The number of carbonyl (C=O) groups excluding carboxylic acids is 1. The zero-order valence-corrected chi connectivity index (χ0v) is 9.82. The van der Waals surface area contributed by atoms with Crippen molar-refractivity contribution in [1.29, 1.82) is 0 Å². The van der Waals surface area contributed by atoms with Crippen LogP contribution < -0.4 is 0 Å². The van der Waals surface area contributed by atoms with E-state index in [-0.39, 0.29) is 5.69 Å². The SMILES string of the molecule is O=CC(c1cccc([N+](=O)[O-])c1)N1CCOCC1. The van der Waals surface area contributed by atoms with Crippen LogP contribution in [-0.4, -0.2) is 42.4 Å². The highest BCUT2D eigenvalue weighted by Crippen LogP contribution is 2.23. The standard InChI is InChI=1S/C12H14N2O4/c15-9-12(13-4-6-18-7-5-13)10-2-1-3-11(8-10)14(16)17/h1-3,8-9,12H,4-7H2. The van der Waals surface area contributed by atoms with Crippen molar-refractivity contribution in [2.24, 2.45) is 0 Å². The van der Waals surface area contributed by atoms with Crippen molar-refractivity contribution < 1.29 is 14.5 Å². The number of non-ortho nitro benzene ring substituents is 1. The van der Waals surface area contributed by atoms with Gasteiger partial charge in [0.05, 0.1) is 24.2 Å². The predicted molar refractivity (Wildman–Crippen MR) is 64.3 cm³/mol. The number of nitrogens with zero attached hydrogens (tertiary/aromatic N) is 2. The Morgan fingerprint density at radius 1 is 1.39 bits per heavy atom. The molecule has 0 bridgehead atoms. The van der Waals surface area contributed by atoms with Crippen molar-refractivity contribution in [3.8, 4) is 0 Å². The second-order valence-electron chi connectivity index (χ2n) is 4.08. The number of nitro groups is 1. The van der Waals surface area contributed by atoms with Crippen molar-refractivity contribution in [3.05, 3.63) is 39.9 Å². The second kappa shape index (κ2) is 5.70. The Kier molecular flexibility index (Phi) is 4.01. The monoisotopic (exact) mass is 250 g/mol. The third-order valence-corrected chi connectivity index (χ3v) is 2.99. The maximum Gasteiger partial charge on any atom is 0.269 e. The van der Waals surface area contributed by atoms with Gasteiger partial charge in [0, 0.05) is 25.2 Å². The smallest absolute Gasteiger partial charge is 0.269 e. The molecule has 0 amide bonds. The fraction of sp³-hybridized carbons (Fsp3) is 0.417. The molecule has 0 spiro atoms. The summed E-state index contributed by atoms with van der Waals surface area (Å²) < 4.78 is 5.23. The lowest BCUT2D eigenvalue weighted by atomic mass is 10.1. The van der Waals surface area contributed by atoms with Gasteiger partial charge >= 0.3 is 0 Å². The van der Waals surface area contributed by atoms with Crippen LogP contribution >= 0.6 is 0 Å². The van der Waals surface area contributed by atoms with Gasteiger partial charge in [-0.1, -0.05) is 12.1 Å². The average molecular weight is 250 g/mol. The Morgan fingerprint density at radius 3 is 2.72 bits per heavy atom. The van der Waals surface area contributed by atoms with Gasteiger partial charge in [0.25, 0.3) is 5.69 Å². The highest BCUT2D eigenvalue weighted by atomic mass is 16.6.